The fourth-order valence-electron chi connectivity index (χ4n) is 4.70. The molecule has 2 aromatic rings. The van der Waals surface area contributed by atoms with Gasteiger partial charge in [0.25, 0.3) is 5.91 Å². The number of anilines is 3. The van der Waals surface area contributed by atoms with Gasteiger partial charge in [-0.2, -0.15) is 0 Å². The van der Waals surface area contributed by atoms with Crippen molar-refractivity contribution < 1.29 is 9.18 Å². The number of nitrogens with one attached hydrogen (secondary N) is 1. The van der Waals surface area contributed by atoms with Crippen molar-refractivity contribution in [1.29, 1.82) is 0 Å². The van der Waals surface area contributed by atoms with Gasteiger partial charge in [-0.25, -0.2) is 14.4 Å². The first-order valence-electron chi connectivity index (χ1n) is 11.2. The minimum atomic E-state index is -0.412. The van der Waals surface area contributed by atoms with E-state index < -0.39 is 5.82 Å². The fourth-order valence-corrected chi connectivity index (χ4v) is 4.70. The van der Waals surface area contributed by atoms with Crippen LogP contribution in [0.5, 0.6) is 0 Å². The van der Waals surface area contributed by atoms with E-state index in [0.29, 0.717) is 30.4 Å². The third kappa shape index (κ3) is 4.21. The predicted octanol–water partition coefficient (Wildman–Crippen LogP) is 3.20. The van der Waals surface area contributed by atoms with Gasteiger partial charge in [0.15, 0.2) is 5.82 Å². The van der Waals surface area contributed by atoms with Crippen molar-refractivity contribution in [3.8, 4) is 0 Å². The summed E-state index contributed by atoms with van der Waals surface area (Å²) in [5.41, 5.74) is 1.94. The average molecular weight is 427 g/mol. The first-order valence-corrected chi connectivity index (χ1v) is 11.2. The van der Waals surface area contributed by atoms with Gasteiger partial charge in [0.1, 0.15) is 17.8 Å². The van der Waals surface area contributed by atoms with E-state index in [-0.39, 0.29) is 11.9 Å². The number of halogens is 1. The highest BCUT2D eigenvalue weighted by atomic mass is 19.1. The summed E-state index contributed by atoms with van der Waals surface area (Å²) >= 11 is 0. The summed E-state index contributed by atoms with van der Waals surface area (Å²) in [6, 6.07) is 4.93. The van der Waals surface area contributed by atoms with Gasteiger partial charge >= 0.3 is 0 Å². The van der Waals surface area contributed by atoms with Crippen molar-refractivity contribution >= 4 is 23.1 Å². The third-order valence-corrected chi connectivity index (χ3v) is 6.25. The van der Waals surface area contributed by atoms with E-state index in [0.717, 1.165) is 44.0 Å². The van der Waals surface area contributed by atoms with E-state index in [1.165, 1.54) is 12.1 Å². The molecule has 166 valence electrons. The molecule has 1 saturated heterocycles. The smallest absolute Gasteiger partial charge is 0.256 e. The Hall–Kier alpha value is -2.74. The van der Waals surface area contributed by atoms with Crippen molar-refractivity contribution in [2.24, 2.45) is 0 Å². The lowest BCUT2D eigenvalue weighted by atomic mass is 10.0. The number of fused-ring (bicyclic) bond motifs is 1. The topological polar surface area (TPSA) is 64.6 Å². The minimum absolute atomic E-state index is 0.0287. The highest BCUT2D eigenvalue weighted by Crippen LogP contribution is 2.39. The zero-order chi connectivity index (χ0) is 22.0. The SMILES string of the molecule is CCN(C(=O)c1cc(F)ccc1N1CCN(C2CCNCC2)c2ncncc21)C(C)C. The van der Waals surface area contributed by atoms with Gasteiger partial charge < -0.3 is 20.0 Å². The lowest BCUT2D eigenvalue weighted by Gasteiger charge is -2.43. The van der Waals surface area contributed by atoms with E-state index in [9.17, 15) is 9.18 Å². The lowest BCUT2D eigenvalue weighted by molar-refractivity contribution is 0.0717. The Morgan fingerprint density at radius 2 is 2.03 bits per heavy atom. The second-order valence-corrected chi connectivity index (χ2v) is 8.40. The zero-order valence-corrected chi connectivity index (χ0v) is 18.5. The molecule has 31 heavy (non-hydrogen) atoms. The van der Waals surface area contributed by atoms with Crippen LogP contribution in [-0.4, -0.2) is 65.6 Å². The fraction of sp³-hybridized carbons (Fsp3) is 0.522. The van der Waals surface area contributed by atoms with Crippen LogP contribution >= 0.6 is 0 Å². The number of piperidine rings is 1. The largest absolute Gasteiger partial charge is 0.350 e. The molecule has 0 atom stereocenters. The van der Waals surface area contributed by atoms with Crippen LogP contribution in [0.1, 0.15) is 44.0 Å². The number of aromatic nitrogens is 2. The molecule has 2 aliphatic rings. The number of carbonyl (C=O) groups is 1. The van der Waals surface area contributed by atoms with Crippen molar-refractivity contribution in [1.82, 2.24) is 20.2 Å². The molecule has 0 unspecified atom stereocenters. The van der Waals surface area contributed by atoms with Crippen molar-refractivity contribution in [3.63, 3.8) is 0 Å². The molecule has 1 N–H and O–H groups in total. The Balaban J connectivity index is 1.73. The van der Waals surface area contributed by atoms with Crippen molar-refractivity contribution in [2.45, 2.75) is 45.7 Å². The number of nitrogens with zero attached hydrogens (tertiary/aromatic N) is 5. The number of carbonyl (C=O) groups excluding carboxylic acids is 1. The van der Waals surface area contributed by atoms with E-state index >= 15 is 0 Å². The summed E-state index contributed by atoms with van der Waals surface area (Å²) < 4.78 is 14.2. The summed E-state index contributed by atoms with van der Waals surface area (Å²) in [6.07, 6.45) is 5.52. The Labute approximate surface area is 183 Å². The molecule has 0 saturated carbocycles. The molecule has 7 nitrogen and oxygen atoms in total. The predicted molar refractivity (Wildman–Crippen MR) is 121 cm³/mol. The molecule has 0 aliphatic carbocycles. The Morgan fingerprint density at radius 1 is 1.26 bits per heavy atom. The summed E-state index contributed by atoms with van der Waals surface area (Å²) in [4.78, 5) is 28.4. The summed E-state index contributed by atoms with van der Waals surface area (Å²) in [6.45, 7) is 9.94. The van der Waals surface area contributed by atoms with Crippen LogP contribution in [0.15, 0.2) is 30.7 Å². The Kier molecular flexibility index (Phi) is 6.36. The molecular weight excluding hydrogens is 395 g/mol. The van der Waals surface area contributed by atoms with E-state index in [4.69, 9.17) is 0 Å². The number of hydrogen-bond acceptors (Lipinski definition) is 6. The van der Waals surface area contributed by atoms with Gasteiger partial charge in [-0.1, -0.05) is 0 Å². The normalized spacial score (nSPS) is 17.1. The highest BCUT2D eigenvalue weighted by Gasteiger charge is 2.33. The molecule has 8 heteroatoms. The van der Waals surface area contributed by atoms with Crippen LogP contribution in [0.3, 0.4) is 0 Å². The molecule has 0 bridgehead atoms. The van der Waals surface area contributed by atoms with Crippen LogP contribution in [-0.2, 0) is 0 Å². The van der Waals surface area contributed by atoms with Crippen molar-refractivity contribution in [2.75, 3.05) is 42.5 Å². The minimum Gasteiger partial charge on any atom is -0.350 e. The van der Waals surface area contributed by atoms with E-state index in [1.54, 1.807) is 23.5 Å². The first-order chi connectivity index (χ1) is 15.0. The van der Waals surface area contributed by atoms with Crippen LogP contribution < -0.4 is 15.1 Å². The maximum absolute atomic E-state index is 14.2. The highest BCUT2D eigenvalue weighted by molar-refractivity contribution is 6.01. The summed E-state index contributed by atoms with van der Waals surface area (Å²) in [5.74, 6) is 0.308. The quantitative estimate of drug-likeness (QED) is 0.792. The van der Waals surface area contributed by atoms with Crippen LogP contribution in [0.4, 0.5) is 21.6 Å². The number of benzene rings is 1. The average Bonchev–Trinajstić information content (AvgIpc) is 2.79. The maximum atomic E-state index is 14.2. The lowest BCUT2D eigenvalue weighted by Crippen LogP contribution is -2.49. The van der Waals surface area contributed by atoms with Gasteiger partial charge in [-0.15, -0.1) is 0 Å². The first kappa shape index (κ1) is 21.5. The Bertz CT molecular complexity index is 930. The molecule has 1 fully saturated rings. The molecule has 0 radical (unpaired) electrons. The molecule has 2 aliphatic heterocycles. The van der Waals surface area contributed by atoms with E-state index in [1.807, 2.05) is 20.8 Å². The Morgan fingerprint density at radius 3 is 2.74 bits per heavy atom. The number of rotatable bonds is 5. The second-order valence-electron chi connectivity index (χ2n) is 8.40. The molecule has 1 aromatic carbocycles. The molecule has 1 amide bonds. The molecular formula is C23H31FN6O. The standard InChI is InChI=1S/C23H31FN6O/c1-4-28(16(2)3)23(31)19-13-17(24)5-6-20(19)30-12-11-29(18-7-9-25-10-8-18)22-21(30)14-26-15-27-22/h5-6,13-16,18,25H,4,7-12H2,1-3H3. The molecule has 4 rings (SSSR count). The van der Waals surface area contributed by atoms with E-state index in [2.05, 4.69) is 25.1 Å². The van der Waals surface area contributed by atoms with Crippen LogP contribution in [0.25, 0.3) is 0 Å². The van der Waals surface area contributed by atoms with Gasteiger partial charge in [0.05, 0.1) is 17.4 Å². The second kappa shape index (κ2) is 9.18. The summed E-state index contributed by atoms with van der Waals surface area (Å²) in [5, 5.41) is 3.42. The third-order valence-electron chi connectivity index (χ3n) is 6.25. The molecule has 1 aromatic heterocycles. The molecule has 3 heterocycles. The van der Waals surface area contributed by atoms with Gasteiger partial charge in [0.2, 0.25) is 0 Å². The zero-order valence-electron chi connectivity index (χ0n) is 18.5. The van der Waals surface area contributed by atoms with Crippen LogP contribution in [0.2, 0.25) is 0 Å². The maximum Gasteiger partial charge on any atom is 0.256 e. The van der Waals surface area contributed by atoms with Gasteiger partial charge in [-0.3, -0.25) is 4.79 Å². The molecule has 0 spiro atoms. The van der Waals surface area contributed by atoms with Gasteiger partial charge in [0, 0.05) is 31.7 Å². The monoisotopic (exact) mass is 426 g/mol. The number of hydrogen-bond donors (Lipinski definition) is 1. The number of amides is 1. The van der Waals surface area contributed by atoms with Gasteiger partial charge in [-0.05, 0) is 64.9 Å². The van der Waals surface area contributed by atoms with Crippen LogP contribution in [0, 0.1) is 5.82 Å². The van der Waals surface area contributed by atoms with Crippen molar-refractivity contribution in [3.05, 3.63) is 42.1 Å². The summed E-state index contributed by atoms with van der Waals surface area (Å²) in [7, 11) is 0.